The molecule has 1 unspecified atom stereocenters. The average Bonchev–Trinajstić information content (AvgIpc) is 2.69. The van der Waals surface area contributed by atoms with Crippen LogP contribution in [0.15, 0.2) is 35.1 Å². The van der Waals surface area contributed by atoms with E-state index in [1.165, 1.54) is 36.8 Å². The number of ether oxygens (including phenoxy) is 1. The van der Waals surface area contributed by atoms with E-state index in [9.17, 15) is 4.79 Å². The lowest BCUT2D eigenvalue weighted by Crippen LogP contribution is -2.27. The first-order chi connectivity index (χ1) is 13.7. The first-order valence-electron chi connectivity index (χ1n) is 10.4. The predicted octanol–water partition coefficient (Wildman–Crippen LogP) is 4.28. The molecule has 1 aromatic carbocycles. The minimum Gasteiger partial charge on any atom is -0.383 e. The number of methoxy groups -OCH3 is 1. The standard InChI is InChI=1S/C23H31ClN2O2/c1-28-11-10-25-9-3-6-17-7-8-22(24)21(15-17)23(27)26-16-20-13-18-4-2-5-19(12-18)14-20/h7-8,15,18,25H,2-6,9-13,16H2,1H3,(H,26,27). The number of hydrogen-bond donors (Lipinski definition) is 2. The summed E-state index contributed by atoms with van der Waals surface area (Å²) in [7, 11) is 1.70. The van der Waals surface area contributed by atoms with Crippen molar-refractivity contribution in [1.29, 1.82) is 0 Å². The van der Waals surface area contributed by atoms with Crippen molar-refractivity contribution in [3.8, 4) is 0 Å². The van der Waals surface area contributed by atoms with E-state index in [4.69, 9.17) is 16.3 Å². The first kappa shape index (κ1) is 21.1. The number of benzene rings is 1. The molecule has 4 nitrogen and oxygen atoms in total. The van der Waals surface area contributed by atoms with Crippen molar-refractivity contribution in [2.24, 2.45) is 5.92 Å². The Labute approximate surface area is 173 Å². The van der Waals surface area contributed by atoms with Gasteiger partial charge >= 0.3 is 0 Å². The topological polar surface area (TPSA) is 50.4 Å². The molecule has 1 fully saturated rings. The molecule has 28 heavy (non-hydrogen) atoms. The second-order valence-corrected chi connectivity index (χ2v) is 8.25. The van der Waals surface area contributed by atoms with Gasteiger partial charge in [-0.05, 0) is 86.3 Å². The fourth-order valence-corrected chi connectivity index (χ4v) is 4.31. The minimum absolute atomic E-state index is 0.0971. The molecule has 0 spiro atoms. The summed E-state index contributed by atoms with van der Waals surface area (Å²) in [6.07, 6.45) is 7.94. The molecule has 2 N–H and O–H groups in total. The van der Waals surface area contributed by atoms with E-state index in [-0.39, 0.29) is 5.91 Å². The normalized spacial score (nSPS) is 18.4. The summed E-state index contributed by atoms with van der Waals surface area (Å²) in [6, 6.07) is 5.76. The van der Waals surface area contributed by atoms with Gasteiger partial charge in [0, 0.05) is 20.2 Å². The van der Waals surface area contributed by atoms with Crippen molar-refractivity contribution in [2.45, 2.75) is 44.9 Å². The number of carbonyl (C=O) groups is 1. The Morgan fingerprint density at radius 1 is 1.32 bits per heavy atom. The van der Waals surface area contributed by atoms with Crippen LogP contribution in [0.5, 0.6) is 0 Å². The molecule has 2 bridgehead atoms. The van der Waals surface area contributed by atoms with Gasteiger partial charge in [0.2, 0.25) is 0 Å². The third-order valence-electron chi connectivity index (χ3n) is 5.55. The van der Waals surface area contributed by atoms with E-state index in [0.717, 1.165) is 50.4 Å². The summed E-state index contributed by atoms with van der Waals surface area (Å²) in [5.74, 6) is 0.654. The van der Waals surface area contributed by atoms with E-state index in [0.29, 0.717) is 17.1 Å². The Hall–Kier alpha value is -1.58. The zero-order valence-electron chi connectivity index (χ0n) is 16.8. The van der Waals surface area contributed by atoms with Gasteiger partial charge in [0.25, 0.3) is 5.91 Å². The molecule has 3 rings (SSSR count). The Morgan fingerprint density at radius 2 is 2.21 bits per heavy atom. The molecule has 2 aliphatic rings. The summed E-state index contributed by atoms with van der Waals surface area (Å²) < 4.78 is 5.02. The highest BCUT2D eigenvalue weighted by Gasteiger charge is 2.22. The fourth-order valence-electron chi connectivity index (χ4n) is 4.11. The quantitative estimate of drug-likeness (QED) is 0.453. The van der Waals surface area contributed by atoms with Gasteiger partial charge in [-0.25, -0.2) is 0 Å². The molecule has 0 aromatic heterocycles. The predicted molar refractivity (Wildman–Crippen MR) is 114 cm³/mol. The van der Waals surface area contributed by atoms with Crippen molar-refractivity contribution < 1.29 is 9.53 Å². The fraction of sp³-hybridized carbons (Fsp3) is 0.565. The van der Waals surface area contributed by atoms with Gasteiger partial charge in [0.05, 0.1) is 17.2 Å². The number of halogens is 1. The zero-order chi connectivity index (χ0) is 19.8. The van der Waals surface area contributed by atoms with Gasteiger partial charge in [-0.3, -0.25) is 4.79 Å². The van der Waals surface area contributed by atoms with E-state index in [2.05, 4.69) is 16.4 Å². The Bertz CT molecular complexity index is 753. The molecule has 1 atom stereocenters. The van der Waals surface area contributed by atoms with Crippen molar-refractivity contribution in [1.82, 2.24) is 10.6 Å². The molecule has 152 valence electrons. The van der Waals surface area contributed by atoms with Crippen LogP contribution in [-0.4, -0.2) is 39.3 Å². The van der Waals surface area contributed by atoms with Crippen LogP contribution in [0, 0.1) is 5.92 Å². The first-order valence-corrected chi connectivity index (χ1v) is 10.8. The number of hydrogen-bond acceptors (Lipinski definition) is 3. The van der Waals surface area contributed by atoms with E-state index in [1.807, 2.05) is 18.2 Å². The highest BCUT2D eigenvalue weighted by atomic mass is 35.5. The number of carbonyl (C=O) groups excluding carboxylic acids is 1. The van der Waals surface area contributed by atoms with Crippen molar-refractivity contribution in [3.05, 3.63) is 51.2 Å². The number of aryl methyl sites for hydroxylation is 1. The summed E-state index contributed by atoms with van der Waals surface area (Å²) >= 11 is 6.30. The molecule has 2 aliphatic carbocycles. The van der Waals surface area contributed by atoms with Gasteiger partial charge in [0.15, 0.2) is 0 Å². The number of nitrogens with one attached hydrogen (secondary N) is 2. The van der Waals surface area contributed by atoms with E-state index < -0.39 is 0 Å². The third kappa shape index (κ3) is 6.22. The summed E-state index contributed by atoms with van der Waals surface area (Å²) in [5.41, 5.74) is 7.90. The maximum Gasteiger partial charge on any atom is 0.253 e. The molecule has 5 heteroatoms. The van der Waals surface area contributed by atoms with Crippen LogP contribution in [0.2, 0.25) is 5.02 Å². The molecule has 0 saturated heterocycles. The van der Waals surface area contributed by atoms with Gasteiger partial charge in [-0.2, -0.15) is 0 Å². The molecule has 1 saturated carbocycles. The SMILES string of the molecule is COCCNCCCc1ccc(Cl)c(C(=O)NCC2=C=C3CCCC(C3)C2)c1. The number of fused-ring (bicyclic) bond motifs is 2. The van der Waals surface area contributed by atoms with Crippen LogP contribution in [0.3, 0.4) is 0 Å². The summed E-state index contributed by atoms with van der Waals surface area (Å²) in [4.78, 5) is 12.7. The smallest absolute Gasteiger partial charge is 0.253 e. The molecule has 0 aliphatic heterocycles. The lowest BCUT2D eigenvalue weighted by molar-refractivity contribution is 0.0956. The maximum atomic E-state index is 12.7. The highest BCUT2D eigenvalue weighted by Crippen LogP contribution is 2.35. The minimum atomic E-state index is -0.0971. The largest absolute Gasteiger partial charge is 0.383 e. The van der Waals surface area contributed by atoms with E-state index >= 15 is 0 Å². The molecule has 0 radical (unpaired) electrons. The zero-order valence-corrected chi connectivity index (χ0v) is 17.5. The van der Waals surface area contributed by atoms with Crippen LogP contribution in [0.4, 0.5) is 0 Å². The summed E-state index contributed by atoms with van der Waals surface area (Å²) in [5, 5.41) is 6.90. The van der Waals surface area contributed by atoms with Gasteiger partial charge < -0.3 is 15.4 Å². The highest BCUT2D eigenvalue weighted by molar-refractivity contribution is 6.33. The van der Waals surface area contributed by atoms with Crippen molar-refractivity contribution in [2.75, 3.05) is 33.4 Å². The van der Waals surface area contributed by atoms with Crippen molar-refractivity contribution in [3.63, 3.8) is 0 Å². The van der Waals surface area contributed by atoms with Gasteiger partial charge in [-0.15, -0.1) is 5.73 Å². The second kappa shape index (κ2) is 10.8. The van der Waals surface area contributed by atoms with Gasteiger partial charge in [0.1, 0.15) is 0 Å². The molecule has 1 aromatic rings. The molecular weight excluding hydrogens is 372 g/mol. The van der Waals surface area contributed by atoms with Crippen LogP contribution in [-0.2, 0) is 11.2 Å². The maximum absolute atomic E-state index is 12.7. The molecule has 0 heterocycles. The van der Waals surface area contributed by atoms with Crippen LogP contribution >= 0.6 is 11.6 Å². The number of rotatable bonds is 10. The van der Waals surface area contributed by atoms with Crippen molar-refractivity contribution >= 4 is 17.5 Å². The Morgan fingerprint density at radius 3 is 3.04 bits per heavy atom. The number of amides is 1. The van der Waals surface area contributed by atoms with Crippen LogP contribution in [0.25, 0.3) is 0 Å². The lowest BCUT2D eigenvalue weighted by Gasteiger charge is -2.27. The molecule has 1 amide bonds. The van der Waals surface area contributed by atoms with Crippen LogP contribution < -0.4 is 10.6 Å². The average molecular weight is 403 g/mol. The Kier molecular flexibility index (Phi) is 8.17. The lowest BCUT2D eigenvalue weighted by atomic mass is 9.78. The Balaban J connectivity index is 1.52. The second-order valence-electron chi connectivity index (χ2n) is 7.84. The van der Waals surface area contributed by atoms with Gasteiger partial charge in [-0.1, -0.05) is 17.7 Å². The summed E-state index contributed by atoms with van der Waals surface area (Å²) in [6.45, 7) is 3.08. The molecular formula is C23H31ClN2O2. The van der Waals surface area contributed by atoms with Crippen LogP contribution in [0.1, 0.15) is 54.4 Å². The third-order valence-corrected chi connectivity index (χ3v) is 5.88. The van der Waals surface area contributed by atoms with E-state index in [1.54, 1.807) is 7.11 Å². The monoisotopic (exact) mass is 402 g/mol.